The highest BCUT2D eigenvalue weighted by Gasteiger charge is 2.17. The minimum atomic E-state index is -0.636. The summed E-state index contributed by atoms with van der Waals surface area (Å²) in [5, 5.41) is 23.0. The number of hydrogen-bond donors (Lipinski definition) is 1. The Labute approximate surface area is 191 Å². The number of azo groups is 1. The highest BCUT2D eigenvalue weighted by atomic mass is 16.6. The Hall–Kier alpha value is -3.92. The third kappa shape index (κ3) is 5.47. The van der Waals surface area contributed by atoms with Crippen molar-refractivity contribution in [2.45, 2.75) is 13.6 Å². The Morgan fingerprint density at radius 3 is 2.52 bits per heavy atom. The number of methoxy groups -OCH3 is 2. The molecule has 1 heterocycles. The van der Waals surface area contributed by atoms with Crippen LogP contribution in [0, 0.1) is 0 Å². The van der Waals surface area contributed by atoms with Crippen molar-refractivity contribution in [1.29, 1.82) is 0 Å². The van der Waals surface area contributed by atoms with Crippen molar-refractivity contribution in [2.75, 3.05) is 34.9 Å². The van der Waals surface area contributed by atoms with Crippen molar-refractivity contribution in [3.05, 3.63) is 48.0 Å². The molecular weight excluding hydrogens is 426 g/mol. The molecule has 0 fully saturated rings. The van der Waals surface area contributed by atoms with Gasteiger partial charge in [0.15, 0.2) is 23.8 Å². The summed E-state index contributed by atoms with van der Waals surface area (Å²) in [4.78, 5) is 19.2. The quantitative estimate of drug-likeness (QED) is 0.299. The maximum absolute atomic E-state index is 12.2. The van der Waals surface area contributed by atoms with Crippen LogP contribution in [-0.2, 0) is 16.3 Å². The fourth-order valence-corrected chi connectivity index (χ4v) is 3.23. The summed E-state index contributed by atoms with van der Waals surface area (Å²) in [6.07, 6.45) is 0. The van der Waals surface area contributed by atoms with Crippen LogP contribution < -0.4 is 9.47 Å². The number of amides is 1. The molecule has 0 unspecified atom stereocenters. The van der Waals surface area contributed by atoms with Crippen LogP contribution in [0.4, 0.5) is 5.69 Å². The molecule has 0 atom stereocenters. The summed E-state index contributed by atoms with van der Waals surface area (Å²) < 4.78 is 12.2. The molecule has 10 heteroatoms. The molecule has 3 aromatic rings. The van der Waals surface area contributed by atoms with Gasteiger partial charge in [0.05, 0.1) is 32.1 Å². The number of carbonyl (C=O) groups excluding carboxylic acids is 1. The average Bonchev–Trinajstić information content (AvgIpc) is 3.07. The Morgan fingerprint density at radius 2 is 1.82 bits per heavy atom. The van der Waals surface area contributed by atoms with Gasteiger partial charge in [-0.2, -0.15) is 0 Å². The van der Waals surface area contributed by atoms with Crippen molar-refractivity contribution in [3.63, 3.8) is 0 Å². The summed E-state index contributed by atoms with van der Waals surface area (Å²) in [6.45, 7) is 1.79. The van der Waals surface area contributed by atoms with Gasteiger partial charge in [0.25, 0.3) is 0 Å². The van der Waals surface area contributed by atoms with Gasteiger partial charge in [-0.3, -0.25) is 14.3 Å². The van der Waals surface area contributed by atoms with Crippen molar-refractivity contribution in [3.8, 4) is 17.4 Å². The number of benzene rings is 2. The van der Waals surface area contributed by atoms with Gasteiger partial charge in [0, 0.05) is 10.9 Å². The zero-order valence-electron chi connectivity index (χ0n) is 19.3. The molecule has 0 radical (unpaired) electrons. The summed E-state index contributed by atoms with van der Waals surface area (Å²) in [7, 11) is 6.88. The van der Waals surface area contributed by atoms with E-state index >= 15 is 0 Å². The van der Waals surface area contributed by atoms with E-state index in [-0.39, 0.29) is 11.6 Å². The molecule has 1 N–H and O–H groups in total. The number of aromatic nitrogens is 1. The highest BCUT2D eigenvalue weighted by Crippen LogP contribution is 2.38. The standard InChI is InChI=1S/C23H27N5O5/c1-15(16-10-11-19(31-4)20(12-16)32-5)26-33-13-21(29)24-25-22-17-8-6-7-9-18(17)28(23(22)30)14-27(2)3/h6-12,30H,13-14H2,1-5H3/b25-24?,26-15-. The zero-order chi connectivity index (χ0) is 24.0. The lowest BCUT2D eigenvalue weighted by molar-refractivity contribution is -0.122. The molecule has 0 aliphatic carbocycles. The number of oxime groups is 1. The van der Waals surface area contributed by atoms with Crippen LogP contribution in [0.15, 0.2) is 57.8 Å². The van der Waals surface area contributed by atoms with E-state index in [9.17, 15) is 9.90 Å². The van der Waals surface area contributed by atoms with Crippen molar-refractivity contribution in [1.82, 2.24) is 9.47 Å². The zero-order valence-corrected chi connectivity index (χ0v) is 19.3. The number of para-hydroxylation sites is 1. The van der Waals surface area contributed by atoms with Gasteiger partial charge in [-0.25, -0.2) is 0 Å². The molecule has 3 rings (SSSR count). The fraction of sp³-hybridized carbons (Fsp3) is 0.304. The lowest BCUT2D eigenvalue weighted by atomic mass is 10.1. The third-order valence-electron chi connectivity index (χ3n) is 4.79. The second-order valence-electron chi connectivity index (χ2n) is 7.45. The van der Waals surface area contributed by atoms with Crippen molar-refractivity contribution < 1.29 is 24.2 Å². The number of nitrogens with zero attached hydrogens (tertiary/aromatic N) is 5. The Balaban J connectivity index is 1.70. The minimum Gasteiger partial charge on any atom is -0.493 e. The van der Waals surface area contributed by atoms with E-state index in [4.69, 9.17) is 14.3 Å². The van der Waals surface area contributed by atoms with Crippen LogP contribution in [0.2, 0.25) is 0 Å². The van der Waals surface area contributed by atoms with Gasteiger partial charge in [0.1, 0.15) is 0 Å². The largest absolute Gasteiger partial charge is 0.493 e. The lowest BCUT2D eigenvalue weighted by Crippen LogP contribution is -2.16. The molecule has 0 aliphatic rings. The van der Waals surface area contributed by atoms with Crippen LogP contribution in [0.1, 0.15) is 12.5 Å². The second-order valence-corrected chi connectivity index (χ2v) is 7.45. The van der Waals surface area contributed by atoms with Crippen LogP contribution in [-0.4, -0.2) is 61.1 Å². The van der Waals surface area contributed by atoms with Gasteiger partial charge in [-0.1, -0.05) is 23.4 Å². The SMILES string of the molecule is COc1ccc(/C(C)=N\OCC(=O)N=Nc2c(O)n(CN(C)C)c3ccccc23)cc1OC. The number of carbonyl (C=O) groups is 1. The minimum absolute atomic E-state index is 0.0651. The Kier molecular flexibility index (Phi) is 7.62. The first kappa shape index (κ1) is 23.7. The summed E-state index contributed by atoms with van der Waals surface area (Å²) in [6, 6.07) is 12.7. The van der Waals surface area contributed by atoms with Crippen LogP contribution in [0.3, 0.4) is 0 Å². The van der Waals surface area contributed by atoms with Crippen LogP contribution in [0.25, 0.3) is 10.9 Å². The number of aromatic hydroxyl groups is 1. The highest BCUT2D eigenvalue weighted by molar-refractivity contribution is 5.99. The summed E-state index contributed by atoms with van der Waals surface area (Å²) in [5.74, 6) is 0.454. The molecule has 1 aromatic heterocycles. The third-order valence-corrected chi connectivity index (χ3v) is 4.79. The van der Waals surface area contributed by atoms with E-state index in [2.05, 4.69) is 15.4 Å². The van der Waals surface area contributed by atoms with E-state index in [1.54, 1.807) is 43.9 Å². The molecular formula is C23H27N5O5. The van der Waals surface area contributed by atoms with Gasteiger partial charge in [0.2, 0.25) is 5.88 Å². The topological polar surface area (TPSA) is 110 Å². The van der Waals surface area contributed by atoms with Crippen molar-refractivity contribution in [2.24, 2.45) is 15.4 Å². The number of rotatable bonds is 9. The van der Waals surface area contributed by atoms with E-state index in [1.807, 2.05) is 43.3 Å². The fourth-order valence-electron chi connectivity index (χ4n) is 3.23. The Morgan fingerprint density at radius 1 is 1.09 bits per heavy atom. The second kappa shape index (κ2) is 10.6. The smallest absolute Gasteiger partial charge is 0.304 e. The van der Waals surface area contributed by atoms with E-state index in [1.165, 1.54) is 0 Å². The normalized spacial score (nSPS) is 12.0. The van der Waals surface area contributed by atoms with Gasteiger partial charge < -0.3 is 19.4 Å². The van der Waals surface area contributed by atoms with Gasteiger partial charge in [-0.15, -0.1) is 10.2 Å². The number of hydrogen-bond acceptors (Lipinski definition) is 8. The molecule has 0 bridgehead atoms. The van der Waals surface area contributed by atoms with E-state index < -0.39 is 12.5 Å². The first-order chi connectivity index (χ1) is 15.8. The molecule has 0 aliphatic heterocycles. The first-order valence-electron chi connectivity index (χ1n) is 10.1. The predicted octanol–water partition coefficient (Wildman–Crippen LogP) is 3.93. The number of fused-ring (bicyclic) bond motifs is 1. The van der Waals surface area contributed by atoms with E-state index in [0.717, 1.165) is 11.1 Å². The summed E-state index contributed by atoms with van der Waals surface area (Å²) >= 11 is 0. The molecule has 0 spiro atoms. The monoisotopic (exact) mass is 453 g/mol. The molecule has 0 saturated carbocycles. The summed E-state index contributed by atoms with van der Waals surface area (Å²) in [5.41, 5.74) is 2.31. The van der Waals surface area contributed by atoms with E-state index in [0.29, 0.717) is 29.3 Å². The first-order valence-corrected chi connectivity index (χ1v) is 10.1. The molecule has 174 valence electrons. The molecule has 33 heavy (non-hydrogen) atoms. The number of ether oxygens (including phenoxy) is 2. The molecule has 0 saturated heterocycles. The maximum Gasteiger partial charge on any atom is 0.304 e. The maximum atomic E-state index is 12.2. The predicted molar refractivity (Wildman–Crippen MR) is 125 cm³/mol. The van der Waals surface area contributed by atoms with Gasteiger partial charge in [-0.05, 0) is 45.3 Å². The van der Waals surface area contributed by atoms with Crippen LogP contribution >= 0.6 is 0 Å². The molecule has 2 aromatic carbocycles. The average molecular weight is 453 g/mol. The lowest BCUT2D eigenvalue weighted by Gasteiger charge is -2.12. The van der Waals surface area contributed by atoms with Gasteiger partial charge >= 0.3 is 5.91 Å². The van der Waals surface area contributed by atoms with Crippen molar-refractivity contribution >= 4 is 28.2 Å². The molecule has 10 nitrogen and oxygen atoms in total. The molecule has 1 amide bonds. The van der Waals surface area contributed by atoms with Crippen LogP contribution in [0.5, 0.6) is 17.4 Å². The Bertz CT molecular complexity index is 1200.